The van der Waals surface area contributed by atoms with E-state index >= 15 is 0 Å². The molecule has 0 unspecified atom stereocenters. The largest absolute Gasteiger partial charge is 0.465 e. The van der Waals surface area contributed by atoms with E-state index in [9.17, 15) is 8.42 Å². The van der Waals surface area contributed by atoms with Crippen LogP contribution in [-0.2, 0) is 10.0 Å². The highest BCUT2D eigenvalue weighted by Gasteiger charge is 2.18. The van der Waals surface area contributed by atoms with E-state index in [1.807, 2.05) is 42.5 Å². The summed E-state index contributed by atoms with van der Waals surface area (Å²) in [6.07, 6.45) is 6.44. The molecule has 4 rings (SSSR count). The fraction of sp³-hybridized carbons (Fsp3) is 0. The lowest BCUT2D eigenvalue weighted by molar-refractivity contribution is 0.557. The lowest BCUT2D eigenvalue weighted by Crippen LogP contribution is -2.05. The van der Waals surface area contributed by atoms with Gasteiger partial charge in [-0.1, -0.05) is 48.5 Å². The maximum atomic E-state index is 13.1. The SMILES string of the molecule is O=S(=O)(/N=C(/C=C/c1ccco1)c1ccccc1)c1cccc2cccnc12. The van der Waals surface area contributed by atoms with Gasteiger partial charge >= 0.3 is 0 Å². The van der Waals surface area contributed by atoms with Gasteiger partial charge in [0.2, 0.25) is 0 Å². The third-order valence-electron chi connectivity index (χ3n) is 4.11. The Balaban J connectivity index is 1.85. The monoisotopic (exact) mass is 388 g/mol. The van der Waals surface area contributed by atoms with E-state index < -0.39 is 10.0 Å². The van der Waals surface area contributed by atoms with Crippen molar-refractivity contribution in [1.29, 1.82) is 0 Å². The van der Waals surface area contributed by atoms with Gasteiger partial charge in [0, 0.05) is 17.1 Å². The molecule has 0 atom stereocenters. The van der Waals surface area contributed by atoms with Gasteiger partial charge in [0.25, 0.3) is 10.0 Å². The van der Waals surface area contributed by atoms with Crippen molar-refractivity contribution in [2.45, 2.75) is 4.90 Å². The van der Waals surface area contributed by atoms with Crippen LogP contribution in [0.4, 0.5) is 0 Å². The number of nitrogens with zero attached hydrogens (tertiary/aromatic N) is 2. The van der Waals surface area contributed by atoms with E-state index in [1.54, 1.807) is 48.9 Å². The minimum atomic E-state index is -3.98. The van der Waals surface area contributed by atoms with Crippen LogP contribution in [0.1, 0.15) is 11.3 Å². The second-order valence-electron chi connectivity index (χ2n) is 6.00. The summed E-state index contributed by atoms with van der Waals surface area (Å²) in [5.74, 6) is 0.604. The van der Waals surface area contributed by atoms with Crippen molar-refractivity contribution < 1.29 is 12.8 Å². The minimum Gasteiger partial charge on any atom is -0.465 e. The van der Waals surface area contributed by atoms with Crippen molar-refractivity contribution >= 4 is 32.7 Å². The Morgan fingerprint density at radius 2 is 1.75 bits per heavy atom. The summed E-state index contributed by atoms with van der Waals surface area (Å²) in [7, 11) is -3.98. The van der Waals surface area contributed by atoms with Crippen LogP contribution in [0.3, 0.4) is 0 Å². The van der Waals surface area contributed by atoms with Crippen molar-refractivity contribution in [1.82, 2.24) is 4.98 Å². The van der Waals surface area contributed by atoms with E-state index in [0.29, 0.717) is 22.6 Å². The second kappa shape index (κ2) is 7.62. The first kappa shape index (κ1) is 17.9. The topological polar surface area (TPSA) is 72.5 Å². The van der Waals surface area contributed by atoms with Gasteiger partial charge < -0.3 is 4.42 Å². The molecule has 2 heterocycles. The van der Waals surface area contributed by atoms with Gasteiger partial charge in [-0.05, 0) is 36.4 Å². The van der Waals surface area contributed by atoms with Crippen molar-refractivity contribution in [2.24, 2.45) is 4.40 Å². The van der Waals surface area contributed by atoms with Crippen LogP contribution in [0.5, 0.6) is 0 Å². The summed E-state index contributed by atoms with van der Waals surface area (Å²) in [5, 5.41) is 0.742. The molecule has 0 aliphatic rings. The fourth-order valence-electron chi connectivity index (χ4n) is 2.80. The van der Waals surface area contributed by atoms with Crippen molar-refractivity contribution in [3.05, 3.63) is 103 Å². The van der Waals surface area contributed by atoms with Gasteiger partial charge in [-0.25, -0.2) is 0 Å². The van der Waals surface area contributed by atoms with Crippen molar-refractivity contribution in [3.63, 3.8) is 0 Å². The summed E-state index contributed by atoms with van der Waals surface area (Å²) in [5.41, 5.74) is 1.39. The zero-order valence-electron chi connectivity index (χ0n) is 14.8. The zero-order chi connectivity index (χ0) is 19.4. The molecule has 0 bridgehead atoms. The Kier molecular flexibility index (Phi) is 4.87. The Morgan fingerprint density at radius 3 is 2.54 bits per heavy atom. The highest BCUT2D eigenvalue weighted by molar-refractivity contribution is 7.90. The number of aromatic nitrogens is 1. The van der Waals surface area contributed by atoms with Gasteiger partial charge in [0.15, 0.2) is 0 Å². The van der Waals surface area contributed by atoms with Crippen LogP contribution in [-0.4, -0.2) is 19.1 Å². The van der Waals surface area contributed by atoms with Crippen LogP contribution in [0.25, 0.3) is 17.0 Å². The molecule has 0 fully saturated rings. The van der Waals surface area contributed by atoms with Gasteiger partial charge in [0.1, 0.15) is 10.7 Å². The number of rotatable bonds is 5. The minimum absolute atomic E-state index is 0.0745. The molecule has 138 valence electrons. The average Bonchev–Trinajstić information content (AvgIpc) is 3.25. The summed E-state index contributed by atoms with van der Waals surface area (Å²) >= 11 is 0. The van der Waals surface area contributed by atoms with E-state index in [0.717, 1.165) is 5.39 Å². The number of fused-ring (bicyclic) bond motifs is 1. The Hall–Kier alpha value is -3.51. The van der Waals surface area contributed by atoms with E-state index in [-0.39, 0.29) is 4.90 Å². The molecule has 2 aromatic carbocycles. The summed E-state index contributed by atoms with van der Waals surface area (Å²) in [4.78, 5) is 4.31. The van der Waals surface area contributed by atoms with Crippen LogP contribution >= 0.6 is 0 Å². The molecule has 28 heavy (non-hydrogen) atoms. The normalized spacial score (nSPS) is 12.6. The van der Waals surface area contributed by atoms with E-state index in [2.05, 4.69) is 9.38 Å². The van der Waals surface area contributed by atoms with Gasteiger partial charge in [0.05, 0.1) is 17.5 Å². The molecule has 4 aromatic rings. The predicted octanol–water partition coefficient (Wildman–Crippen LogP) is 4.72. The summed E-state index contributed by atoms with van der Waals surface area (Å²) in [6, 6.07) is 21.3. The Bertz CT molecular complexity index is 1250. The van der Waals surface area contributed by atoms with Crippen LogP contribution in [0, 0.1) is 0 Å². The number of para-hydroxylation sites is 1. The molecule has 0 saturated heterocycles. The van der Waals surface area contributed by atoms with E-state index in [1.165, 1.54) is 6.07 Å². The molecule has 0 amide bonds. The first-order valence-electron chi connectivity index (χ1n) is 8.59. The standard InChI is InChI=1S/C22H16N2O3S/c25-28(26,21-12-4-9-18-10-5-15-23-22(18)21)24-20(17-7-2-1-3-8-17)14-13-19-11-6-16-27-19/h1-16H/b14-13+,24-20-. The van der Waals surface area contributed by atoms with Crippen LogP contribution < -0.4 is 0 Å². The summed E-state index contributed by atoms with van der Waals surface area (Å²) in [6.45, 7) is 0. The van der Waals surface area contributed by atoms with Crippen LogP contribution in [0.2, 0.25) is 0 Å². The molecule has 0 aliphatic carbocycles. The maximum absolute atomic E-state index is 13.1. The predicted molar refractivity (Wildman–Crippen MR) is 110 cm³/mol. The van der Waals surface area contributed by atoms with Gasteiger partial charge in [-0.3, -0.25) is 4.98 Å². The quantitative estimate of drug-likeness (QED) is 0.464. The fourth-order valence-corrected chi connectivity index (χ4v) is 3.99. The van der Waals surface area contributed by atoms with Crippen molar-refractivity contribution in [3.8, 4) is 0 Å². The molecule has 0 spiro atoms. The third kappa shape index (κ3) is 3.77. The molecule has 0 saturated carbocycles. The number of hydrogen-bond donors (Lipinski definition) is 0. The molecule has 2 aromatic heterocycles. The molecule has 6 heteroatoms. The molecule has 0 radical (unpaired) electrons. The number of sulfonamides is 1. The number of benzene rings is 2. The molecule has 5 nitrogen and oxygen atoms in total. The Morgan fingerprint density at radius 1 is 0.929 bits per heavy atom. The van der Waals surface area contributed by atoms with E-state index in [4.69, 9.17) is 4.42 Å². The first-order chi connectivity index (χ1) is 13.6. The molecule has 0 aliphatic heterocycles. The smallest absolute Gasteiger partial charge is 0.285 e. The first-order valence-corrected chi connectivity index (χ1v) is 10.0. The lowest BCUT2D eigenvalue weighted by Gasteiger charge is -2.06. The average molecular weight is 388 g/mol. The van der Waals surface area contributed by atoms with Crippen molar-refractivity contribution in [2.75, 3.05) is 0 Å². The second-order valence-corrected chi connectivity index (χ2v) is 7.57. The number of furan rings is 1. The molecular weight excluding hydrogens is 372 g/mol. The highest BCUT2D eigenvalue weighted by atomic mass is 32.2. The number of allylic oxidation sites excluding steroid dienone is 1. The van der Waals surface area contributed by atoms with Gasteiger partial charge in [-0.2, -0.15) is 12.8 Å². The van der Waals surface area contributed by atoms with Gasteiger partial charge in [-0.15, -0.1) is 0 Å². The summed E-state index contributed by atoms with van der Waals surface area (Å²) < 4.78 is 35.6. The van der Waals surface area contributed by atoms with Crippen LogP contribution in [0.15, 0.2) is 105 Å². The number of pyridine rings is 1. The number of hydrogen-bond acceptors (Lipinski definition) is 4. The third-order valence-corrected chi connectivity index (χ3v) is 5.43. The molecule has 0 N–H and O–H groups in total. The highest BCUT2D eigenvalue weighted by Crippen LogP contribution is 2.23. The zero-order valence-corrected chi connectivity index (χ0v) is 15.6. The molecular formula is C22H16N2O3S. The maximum Gasteiger partial charge on any atom is 0.285 e. The lowest BCUT2D eigenvalue weighted by atomic mass is 10.1. The Labute approximate surface area is 162 Å².